The molecule has 0 aromatic carbocycles. The van der Waals surface area contributed by atoms with Crippen LogP contribution >= 0.6 is 11.8 Å². The van der Waals surface area contributed by atoms with Crippen molar-refractivity contribution in [2.75, 3.05) is 25.6 Å². The quantitative estimate of drug-likeness (QED) is 0.663. The van der Waals surface area contributed by atoms with Crippen molar-refractivity contribution in [3.8, 4) is 0 Å². The summed E-state index contributed by atoms with van der Waals surface area (Å²) in [6.07, 6.45) is 2.02. The normalized spacial score (nSPS) is 12.7. The Hall–Kier alpha value is -0.220. The lowest BCUT2D eigenvalue weighted by molar-refractivity contribution is -0.130. The molecule has 3 nitrogen and oxygen atoms in total. The molecule has 0 saturated carbocycles. The van der Waals surface area contributed by atoms with Gasteiger partial charge in [-0.1, -0.05) is 0 Å². The number of hydrogen-bond acceptors (Lipinski definition) is 3. The van der Waals surface area contributed by atoms with Crippen LogP contribution in [-0.4, -0.2) is 42.4 Å². The van der Waals surface area contributed by atoms with E-state index in [0.717, 1.165) is 12.3 Å². The van der Waals surface area contributed by atoms with Gasteiger partial charge in [0.1, 0.15) is 0 Å². The second-order valence-corrected chi connectivity index (χ2v) is 3.53. The Labute approximate surface area is 72.3 Å². The zero-order valence-corrected chi connectivity index (χ0v) is 8.15. The fourth-order valence-corrected chi connectivity index (χ4v) is 1.14. The van der Waals surface area contributed by atoms with Gasteiger partial charge in [-0.05, 0) is 13.2 Å². The van der Waals surface area contributed by atoms with E-state index in [1.54, 1.807) is 30.6 Å². The highest BCUT2D eigenvalue weighted by molar-refractivity contribution is 7.98. The molecule has 1 unspecified atom stereocenters. The third kappa shape index (κ3) is 4.27. The molecule has 11 heavy (non-hydrogen) atoms. The second kappa shape index (κ2) is 5.43. The summed E-state index contributed by atoms with van der Waals surface area (Å²) in [6, 6.07) is -0.373. The SMILES string of the molecule is CSCCN(C)C(=O)C(C)N. The molecule has 0 aliphatic carbocycles. The van der Waals surface area contributed by atoms with Crippen LogP contribution in [0.3, 0.4) is 0 Å². The monoisotopic (exact) mass is 176 g/mol. The summed E-state index contributed by atoms with van der Waals surface area (Å²) in [5.41, 5.74) is 5.41. The third-order valence-corrected chi connectivity index (χ3v) is 1.99. The Morgan fingerprint density at radius 2 is 2.27 bits per heavy atom. The van der Waals surface area contributed by atoms with Crippen LogP contribution < -0.4 is 5.73 Å². The molecular formula is C7H16N2OS. The van der Waals surface area contributed by atoms with Gasteiger partial charge in [-0.2, -0.15) is 11.8 Å². The number of carbonyl (C=O) groups is 1. The number of nitrogens with two attached hydrogens (primary N) is 1. The summed E-state index contributed by atoms with van der Waals surface area (Å²) in [7, 11) is 1.78. The maximum absolute atomic E-state index is 11.1. The minimum absolute atomic E-state index is 0.0130. The van der Waals surface area contributed by atoms with E-state index in [2.05, 4.69) is 0 Å². The number of rotatable bonds is 4. The number of hydrogen-bond donors (Lipinski definition) is 1. The van der Waals surface area contributed by atoms with Crippen molar-refractivity contribution in [1.29, 1.82) is 0 Å². The largest absolute Gasteiger partial charge is 0.344 e. The Morgan fingerprint density at radius 3 is 2.64 bits per heavy atom. The van der Waals surface area contributed by atoms with Gasteiger partial charge >= 0.3 is 0 Å². The summed E-state index contributed by atoms with van der Waals surface area (Å²) >= 11 is 1.72. The van der Waals surface area contributed by atoms with Gasteiger partial charge in [-0.3, -0.25) is 4.79 Å². The first-order chi connectivity index (χ1) is 5.09. The summed E-state index contributed by atoms with van der Waals surface area (Å²) in [5.74, 6) is 0.980. The third-order valence-electron chi connectivity index (χ3n) is 1.40. The lowest BCUT2D eigenvalue weighted by Gasteiger charge is -2.18. The Bertz CT molecular complexity index is 128. The van der Waals surface area contributed by atoms with Crippen LogP contribution in [0.1, 0.15) is 6.92 Å². The zero-order chi connectivity index (χ0) is 8.85. The van der Waals surface area contributed by atoms with Crippen molar-refractivity contribution in [3.05, 3.63) is 0 Å². The van der Waals surface area contributed by atoms with Crippen molar-refractivity contribution in [1.82, 2.24) is 4.90 Å². The van der Waals surface area contributed by atoms with Crippen molar-refractivity contribution in [3.63, 3.8) is 0 Å². The van der Waals surface area contributed by atoms with Gasteiger partial charge in [0.25, 0.3) is 0 Å². The van der Waals surface area contributed by atoms with Crippen molar-refractivity contribution in [2.45, 2.75) is 13.0 Å². The molecule has 1 atom stereocenters. The number of carbonyl (C=O) groups excluding carboxylic acids is 1. The zero-order valence-electron chi connectivity index (χ0n) is 7.33. The molecule has 66 valence electrons. The smallest absolute Gasteiger partial charge is 0.238 e. The van der Waals surface area contributed by atoms with Crippen LogP contribution in [0.15, 0.2) is 0 Å². The number of amides is 1. The Kier molecular flexibility index (Phi) is 5.32. The van der Waals surface area contributed by atoms with Crippen LogP contribution in [0.25, 0.3) is 0 Å². The molecule has 0 aromatic heterocycles. The molecule has 0 spiro atoms. The molecule has 0 rings (SSSR count). The summed E-state index contributed by atoms with van der Waals surface area (Å²) in [4.78, 5) is 12.8. The maximum Gasteiger partial charge on any atom is 0.238 e. The van der Waals surface area contributed by atoms with E-state index in [1.807, 2.05) is 6.26 Å². The van der Waals surface area contributed by atoms with E-state index in [-0.39, 0.29) is 11.9 Å². The number of thioether (sulfide) groups is 1. The molecule has 2 N–H and O–H groups in total. The molecule has 0 aliphatic heterocycles. The molecule has 0 aliphatic rings. The van der Waals surface area contributed by atoms with Crippen LogP contribution in [0.5, 0.6) is 0 Å². The summed E-state index contributed by atoms with van der Waals surface area (Å²) < 4.78 is 0. The van der Waals surface area contributed by atoms with Crippen LogP contribution in [0, 0.1) is 0 Å². The highest BCUT2D eigenvalue weighted by atomic mass is 32.2. The molecule has 0 bridgehead atoms. The second-order valence-electron chi connectivity index (χ2n) is 2.54. The van der Waals surface area contributed by atoms with E-state index in [9.17, 15) is 4.79 Å². The van der Waals surface area contributed by atoms with Gasteiger partial charge < -0.3 is 10.6 Å². The van der Waals surface area contributed by atoms with Gasteiger partial charge in [0, 0.05) is 19.3 Å². The van der Waals surface area contributed by atoms with Crippen LogP contribution in [0.4, 0.5) is 0 Å². The molecular weight excluding hydrogens is 160 g/mol. The highest BCUT2D eigenvalue weighted by Gasteiger charge is 2.11. The van der Waals surface area contributed by atoms with Gasteiger partial charge in [0.15, 0.2) is 0 Å². The Morgan fingerprint density at radius 1 is 1.73 bits per heavy atom. The molecule has 0 radical (unpaired) electrons. The molecule has 0 saturated heterocycles. The lowest BCUT2D eigenvalue weighted by Crippen LogP contribution is -2.40. The van der Waals surface area contributed by atoms with E-state index in [4.69, 9.17) is 5.73 Å². The van der Waals surface area contributed by atoms with Crippen molar-refractivity contribution < 1.29 is 4.79 Å². The number of nitrogens with zero attached hydrogens (tertiary/aromatic N) is 1. The van der Waals surface area contributed by atoms with Gasteiger partial charge in [-0.25, -0.2) is 0 Å². The summed E-state index contributed by atoms with van der Waals surface area (Å²) in [5, 5.41) is 0. The first kappa shape index (κ1) is 10.8. The predicted molar refractivity (Wildman–Crippen MR) is 49.7 cm³/mol. The molecule has 0 fully saturated rings. The molecule has 1 amide bonds. The Balaban J connectivity index is 3.64. The minimum Gasteiger partial charge on any atom is -0.344 e. The first-order valence-electron chi connectivity index (χ1n) is 3.59. The standard InChI is InChI=1S/C7H16N2OS/c1-6(8)7(10)9(2)4-5-11-3/h6H,4-5,8H2,1-3H3. The fourth-order valence-electron chi connectivity index (χ4n) is 0.686. The molecule has 0 aromatic rings. The molecule has 0 heterocycles. The van der Waals surface area contributed by atoms with Crippen molar-refractivity contribution in [2.24, 2.45) is 5.73 Å². The first-order valence-corrected chi connectivity index (χ1v) is 4.98. The topological polar surface area (TPSA) is 46.3 Å². The van der Waals surface area contributed by atoms with Crippen molar-refractivity contribution >= 4 is 17.7 Å². The van der Waals surface area contributed by atoms with E-state index < -0.39 is 0 Å². The molecule has 4 heteroatoms. The highest BCUT2D eigenvalue weighted by Crippen LogP contribution is 1.94. The van der Waals surface area contributed by atoms with E-state index in [1.165, 1.54) is 0 Å². The van der Waals surface area contributed by atoms with Crippen LogP contribution in [-0.2, 0) is 4.79 Å². The predicted octanol–water partition coefficient (Wildman–Crippen LogP) is 0.155. The average Bonchev–Trinajstić information content (AvgIpc) is 1.98. The van der Waals surface area contributed by atoms with E-state index >= 15 is 0 Å². The minimum atomic E-state index is -0.373. The van der Waals surface area contributed by atoms with Gasteiger partial charge in [0.05, 0.1) is 6.04 Å². The number of likely N-dealkylation sites (N-methyl/N-ethyl adjacent to an activating group) is 1. The van der Waals surface area contributed by atoms with E-state index in [0.29, 0.717) is 0 Å². The lowest BCUT2D eigenvalue weighted by atomic mass is 10.3. The summed E-state index contributed by atoms with van der Waals surface area (Å²) in [6.45, 7) is 2.49. The maximum atomic E-state index is 11.1. The fraction of sp³-hybridized carbons (Fsp3) is 0.857. The average molecular weight is 176 g/mol. The van der Waals surface area contributed by atoms with Gasteiger partial charge in [-0.15, -0.1) is 0 Å². The van der Waals surface area contributed by atoms with Crippen LogP contribution in [0.2, 0.25) is 0 Å². The van der Waals surface area contributed by atoms with Gasteiger partial charge in [0.2, 0.25) is 5.91 Å².